The van der Waals surface area contributed by atoms with Crippen LogP contribution >= 0.6 is 0 Å². The number of rotatable bonds is 8. The van der Waals surface area contributed by atoms with Crippen LogP contribution in [0.15, 0.2) is 0 Å². The van der Waals surface area contributed by atoms with E-state index in [2.05, 4.69) is 23.1 Å². The Bertz CT molecular complexity index is 311. The fourth-order valence-electron chi connectivity index (χ4n) is 2.81. The molecule has 1 unspecified atom stereocenters. The lowest BCUT2D eigenvalue weighted by Crippen LogP contribution is -2.41. The fraction of sp³-hybridized carbons (Fsp3) is 0.812. The van der Waals surface area contributed by atoms with Crippen molar-refractivity contribution in [1.82, 2.24) is 10.2 Å². The number of hydrogen-bond acceptors (Lipinski definition) is 3. The predicted molar refractivity (Wildman–Crippen MR) is 81.1 cm³/mol. The van der Waals surface area contributed by atoms with Gasteiger partial charge >= 0.3 is 0 Å². The van der Waals surface area contributed by atoms with Crippen LogP contribution < -0.4 is 5.32 Å². The molecule has 0 radical (unpaired) electrons. The monoisotopic (exact) mass is 280 g/mol. The molecule has 0 aromatic carbocycles. The Labute approximate surface area is 122 Å². The van der Waals surface area contributed by atoms with Crippen LogP contribution in [0.1, 0.15) is 39.0 Å². The summed E-state index contributed by atoms with van der Waals surface area (Å²) in [6.07, 6.45) is 10.0. The van der Waals surface area contributed by atoms with Crippen LogP contribution in [-0.2, 0) is 4.79 Å². The van der Waals surface area contributed by atoms with E-state index in [4.69, 9.17) is 11.5 Å². The minimum Gasteiger partial charge on any atom is -0.396 e. The van der Waals surface area contributed by atoms with Gasteiger partial charge in [0.25, 0.3) is 0 Å². The number of likely N-dealkylation sites (tertiary alicyclic amines) is 1. The first-order valence-corrected chi connectivity index (χ1v) is 7.75. The molecule has 0 aromatic rings. The lowest BCUT2D eigenvalue weighted by atomic mass is 9.95. The van der Waals surface area contributed by atoms with Gasteiger partial charge in [0.1, 0.15) is 0 Å². The van der Waals surface area contributed by atoms with E-state index < -0.39 is 0 Å². The lowest BCUT2D eigenvalue weighted by Gasteiger charge is -2.30. The number of terminal acetylenes is 1. The maximum atomic E-state index is 12.1. The molecule has 1 aliphatic rings. The Morgan fingerprint density at radius 3 is 2.70 bits per heavy atom. The highest BCUT2D eigenvalue weighted by Gasteiger charge is 2.24. The number of hydrogen-bond donors (Lipinski definition) is 2. The van der Waals surface area contributed by atoms with Gasteiger partial charge in [-0.15, -0.1) is 6.42 Å². The van der Waals surface area contributed by atoms with Crippen LogP contribution in [0.25, 0.3) is 0 Å². The molecule has 1 fully saturated rings. The van der Waals surface area contributed by atoms with E-state index >= 15 is 0 Å². The van der Waals surface area contributed by atoms with Crippen molar-refractivity contribution in [3.63, 3.8) is 0 Å². The summed E-state index contributed by atoms with van der Waals surface area (Å²) in [5.74, 6) is 3.35. The SMILES string of the molecule is C#CCN1CCC(C(=O)NCC(CCC)CCO)CC1. The number of amides is 1. The Morgan fingerprint density at radius 1 is 1.45 bits per heavy atom. The number of carbonyl (C=O) groups excluding carboxylic acids is 1. The molecule has 1 amide bonds. The Kier molecular flexibility index (Phi) is 8.32. The molecule has 1 atom stereocenters. The smallest absolute Gasteiger partial charge is 0.223 e. The van der Waals surface area contributed by atoms with Gasteiger partial charge < -0.3 is 10.4 Å². The van der Waals surface area contributed by atoms with E-state index in [1.165, 1.54) is 0 Å². The van der Waals surface area contributed by atoms with Gasteiger partial charge in [0.2, 0.25) is 5.91 Å². The molecule has 4 nitrogen and oxygen atoms in total. The van der Waals surface area contributed by atoms with Crippen molar-refractivity contribution in [3.8, 4) is 12.3 Å². The number of carbonyl (C=O) groups is 1. The molecule has 1 saturated heterocycles. The van der Waals surface area contributed by atoms with Crippen molar-refractivity contribution in [1.29, 1.82) is 0 Å². The van der Waals surface area contributed by atoms with Crippen molar-refractivity contribution >= 4 is 5.91 Å². The highest BCUT2D eigenvalue weighted by molar-refractivity contribution is 5.78. The number of aliphatic hydroxyl groups is 1. The largest absolute Gasteiger partial charge is 0.396 e. The molecule has 114 valence electrons. The summed E-state index contributed by atoms with van der Waals surface area (Å²) in [6.45, 7) is 5.54. The third-order valence-electron chi connectivity index (χ3n) is 4.07. The van der Waals surface area contributed by atoms with Crippen molar-refractivity contribution < 1.29 is 9.90 Å². The molecular weight excluding hydrogens is 252 g/mol. The number of nitrogens with zero attached hydrogens (tertiary/aromatic N) is 1. The van der Waals surface area contributed by atoms with E-state index in [9.17, 15) is 4.79 Å². The third kappa shape index (κ3) is 5.94. The van der Waals surface area contributed by atoms with Crippen LogP contribution in [0.5, 0.6) is 0 Å². The summed E-state index contributed by atoms with van der Waals surface area (Å²) in [5.41, 5.74) is 0. The predicted octanol–water partition coefficient (Wildman–Crippen LogP) is 1.25. The van der Waals surface area contributed by atoms with Crippen molar-refractivity contribution in [3.05, 3.63) is 0 Å². The molecule has 0 spiro atoms. The van der Waals surface area contributed by atoms with Gasteiger partial charge in [0, 0.05) is 19.1 Å². The Morgan fingerprint density at radius 2 is 2.15 bits per heavy atom. The lowest BCUT2D eigenvalue weighted by molar-refractivity contribution is -0.126. The maximum absolute atomic E-state index is 12.1. The summed E-state index contributed by atoms with van der Waals surface area (Å²) in [7, 11) is 0. The Hall–Kier alpha value is -1.05. The van der Waals surface area contributed by atoms with E-state index in [1.54, 1.807) is 0 Å². The normalized spacial score (nSPS) is 18.4. The highest BCUT2D eigenvalue weighted by Crippen LogP contribution is 2.17. The van der Waals surface area contributed by atoms with Crippen LogP contribution in [-0.4, -0.2) is 48.7 Å². The van der Waals surface area contributed by atoms with E-state index in [-0.39, 0.29) is 18.4 Å². The topological polar surface area (TPSA) is 52.6 Å². The zero-order chi connectivity index (χ0) is 14.8. The molecule has 2 N–H and O–H groups in total. The number of piperidine rings is 1. The fourth-order valence-corrected chi connectivity index (χ4v) is 2.81. The summed E-state index contributed by atoms with van der Waals surface area (Å²) in [4.78, 5) is 14.4. The molecule has 1 heterocycles. The zero-order valence-electron chi connectivity index (χ0n) is 12.6. The van der Waals surface area contributed by atoms with Gasteiger partial charge in [0.05, 0.1) is 6.54 Å². The van der Waals surface area contributed by atoms with E-state index in [0.717, 1.165) is 45.2 Å². The molecule has 0 aromatic heterocycles. The van der Waals surface area contributed by atoms with E-state index in [0.29, 0.717) is 19.0 Å². The van der Waals surface area contributed by atoms with Gasteiger partial charge in [-0.1, -0.05) is 19.3 Å². The highest BCUT2D eigenvalue weighted by atomic mass is 16.3. The number of nitrogens with one attached hydrogen (secondary N) is 1. The molecular formula is C16H28N2O2. The zero-order valence-corrected chi connectivity index (χ0v) is 12.6. The molecule has 4 heteroatoms. The van der Waals surface area contributed by atoms with Crippen molar-refractivity contribution in [2.24, 2.45) is 11.8 Å². The summed E-state index contributed by atoms with van der Waals surface area (Å²) < 4.78 is 0. The average Bonchev–Trinajstić information content (AvgIpc) is 2.46. The second-order valence-electron chi connectivity index (χ2n) is 5.67. The molecule has 0 saturated carbocycles. The summed E-state index contributed by atoms with van der Waals surface area (Å²) in [5, 5.41) is 12.1. The minimum absolute atomic E-state index is 0.125. The van der Waals surface area contributed by atoms with Gasteiger partial charge in [-0.2, -0.15) is 0 Å². The quantitative estimate of drug-likeness (QED) is 0.658. The Balaban J connectivity index is 2.27. The molecule has 1 aliphatic heterocycles. The van der Waals surface area contributed by atoms with Gasteiger partial charge in [-0.25, -0.2) is 0 Å². The first kappa shape index (κ1) is 17.0. The standard InChI is InChI=1S/C16H28N2O2/c1-3-5-14(8-12-19)13-17-16(20)15-6-10-18(9-4-2)11-7-15/h2,14-15,19H,3,5-13H2,1H3,(H,17,20). The van der Waals surface area contributed by atoms with Crippen LogP contribution in [0, 0.1) is 24.2 Å². The first-order valence-electron chi connectivity index (χ1n) is 7.75. The number of aliphatic hydroxyl groups excluding tert-OH is 1. The van der Waals surface area contributed by atoms with Crippen LogP contribution in [0.4, 0.5) is 0 Å². The van der Waals surface area contributed by atoms with Crippen molar-refractivity contribution in [2.75, 3.05) is 32.8 Å². The molecule has 20 heavy (non-hydrogen) atoms. The van der Waals surface area contributed by atoms with Crippen LogP contribution in [0.2, 0.25) is 0 Å². The van der Waals surface area contributed by atoms with Crippen LogP contribution in [0.3, 0.4) is 0 Å². The van der Waals surface area contributed by atoms with Crippen molar-refractivity contribution in [2.45, 2.75) is 39.0 Å². The third-order valence-corrected chi connectivity index (χ3v) is 4.07. The molecule has 0 aliphatic carbocycles. The average molecular weight is 280 g/mol. The van der Waals surface area contributed by atoms with Gasteiger partial charge in [0.15, 0.2) is 0 Å². The van der Waals surface area contributed by atoms with E-state index in [1.807, 2.05) is 0 Å². The van der Waals surface area contributed by atoms with Gasteiger partial charge in [-0.3, -0.25) is 9.69 Å². The second-order valence-corrected chi connectivity index (χ2v) is 5.67. The van der Waals surface area contributed by atoms with Gasteiger partial charge in [-0.05, 0) is 44.7 Å². The first-order chi connectivity index (χ1) is 9.71. The second kappa shape index (κ2) is 9.79. The summed E-state index contributed by atoms with van der Waals surface area (Å²) >= 11 is 0. The molecule has 1 rings (SSSR count). The molecule has 0 bridgehead atoms. The minimum atomic E-state index is 0.125. The summed E-state index contributed by atoms with van der Waals surface area (Å²) in [6, 6.07) is 0. The maximum Gasteiger partial charge on any atom is 0.223 e.